The Kier molecular flexibility index (Phi) is 7.71. The van der Waals surface area contributed by atoms with Crippen LogP contribution < -0.4 is 10.1 Å². The average Bonchev–Trinajstić information content (AvgIpc) is 2.55. The fourth-order valence-electron chi connectivity index (χ4n) is 2.41. The minimum absolute atomic E-state index is 0.767. The van der Waals surface area contributed by atoms with Gasteiger partial charge in [0.25, 0.3) is 0 Å². The van der Waals surface area contributed by atoms with Crippen molar-refractivity contribution in [2.45, 2.75) is 19.3 Å². The van der Waals surface area contributed by atoms with Gasteiger partial charge in [-0.05, 0) is 45.6 Å². The number of nitrogens with two attached hydrogens (primary N) is 1. The van der Waals surface area contributed by atoms with Gasteiger partial charge in [-0.15, -0.1) is 0 Å². The summed E-state index contributed by atoms with van der Waals surface area (Å²) in [6.45, 7) is 3.93. The van der Waals surface area contributed by atoms with Crippen LogP contribution in [0, 0.1) is 0 Å². The molecule has 0 spiro atoms. The summed E-state index contributed by atoms with van der Waals surface area (Å²) in [5.41, 5.74) is 0. The summed E-state index contributed by atoms with van der Waals surface area (Å²) in [5, 5.41) is 4.78. The van der Waals surface area contributed by atoms with Crippen molar-refractivity contribution in [1.29, 1.82) is 0 Å². The highest BCUT2D eigenvalue weighted by molar-refractivity contribution is 9.10. The Morgan fingerprint density at radius 3 is 2.64 bits per heavy atom. The van der Waals surface area contributed by atoms with Crippen LogP contribution in [0.5, 0.6) is 5.75 Å². The van der Waals surface area contributed by atoms with E-state index in [2.05, 4.69) is 51.6 Å². The van der Waals surface area contributed by atoms with Crippen LogP contribution in [0.15, 0.2) is 40.9 Å². The SMILES string of the molecule is COCCC[NH2+]CCCCOc1ccc2ccccc2c1Br. The lowest BCUT2D eigenvalue weighted by atomic mass is 10.1. The second kappa shape index (κ2) is 9.82. The molecule has 3 nitrogen and oxygen atoms in total. The molecule has 0 unspecified atom stereocenters. The van der Waals surface area contributed by atoms with Gasteiger partial charge in [0.2, 0.25) is 0 Å². The number of unbranched alkanes of at least 4 members (excludes halogenated alkanes) is 1. The number of halogens is 1. The Bertz CT molecular complexity index is 574. The monoisotopic (exact) mass is 366 g/mol. The zero-order valence-corrected chi connectivity index (χ0v) is 14.8. The van der Waals surface area contributed by atoms with Gasteiger partial charge in [-0.2, -0.15) is 0 Å². The van der Waals surface area contributed by atoms with E-state index in [1.54, 1.807) is 7.11 Å². The topological polar surface area (TPSA) is 35.1 Å². The molecule has 0 bridgehead atoms. The van der Waals surface area contributed by atoms with Crippen molar-refractivity contribution in [3.8, 4) is 5.75 Å². The van der Waals surface area contributed by atoms with Crippen molar-refractivity contribution in [3.63, 3.8) is 0 Å². The number of rotatable bonds is 10. The van der Waals surface area contributed by atoms with Crippen LogP contribution in [0.2, 0.25) is 0 Å². The Morgan fingerprint density at radius 2 is 1.77 bits per heavy atom. The van der Waals surface area contributed by atoms with Crippen LogP contribution in [0.4, 0.5) is 0 Å². The zero-order chi connectivity index (χ0) is 15.6. The van der Waals surface area contributed by atoms with Gasteiger partial charge in [0.1, 0.15) is 5.75 Å². The Morgan fingerprint density at radius 1 is 0.955 bits per heavy atom. The van der Waals surface area contributed by atoms with Crippen molar-refractivity contribution >= 4 is 26.7 Å². The van der Waals surface area contributed by atoms with E-state index in [1.165, 1.54) is 17.2 Å². The van der Waals surface area contributed by atoms with Gasteiger partial charge in [0, 0.05) is 13.5 Å². The normalized spacial score (nSPS) is 11.0. The van der Waals surface area contributed by atoms with E-state index in [-0.39, 0.29) is 0 Å². The molecule has 0 amide bonds. The molecular weight excluding hydrogens is 342 g/mol. The zero-order valence-electron chi connectivity index (χ0n) is 13.2. The maximum atomic E-state index is 5.91. The predicted octanol–water partition coefficient (Wildman–Crippen LogP) is 3.36. The van der Waals surface area contributed by atoms with Gasteiger partial charge in [0.05, 0.1) is 30.8 Å². The summed E-state index contributed by atoms with van der Waals surface area (Å²) in [6.07, 6.45) is 3.38. The van der Waals surface area contributed by atoms with E-state index in [0.29, 0.717) is 0 Å². The predicted molar refractivity (Wildman–Crippen MR) is 94.5 cm³/mol. The molecule has 0 saturated heterocycles. The minimum atomic E-state index is 0.767. The van der Waals surface area contributed by atoms with E-state index in [1.807, 2.05) is 6.07 Å². The molecule has 120 valence electrons. The van der Waals surface area contributed by atoms with E-state index in [0.717, 1.165) is 49.4 Å². The molecule has 0 saturated carbocycles. The third-order valence-electron chi connectivity index (χ3n) is 3.64. The number of quaternary nitrogens is 1. The van der Waals surface area contributed by atoms with E-state index in [9.17, 15) is 0 Å². The smallest absolute Gasteiger partial charge is 0.134 e. The summed E-state index contributed by atoms with van der Waals surface area (Å²) >= 11 is 3.66. The lowest BCUT2D eigenvalue weighted by molar-refractivity contribution is -0.655. The van der Waals surface area contributed by atoms with Crippen molar-refractivity contribution in [2.75, 3.05) is 33.4 Å². The fourth-order valence-corrected chi connectivity index (χ4v) is 3.02. The van der Waals surface area contributed by atoms with Crippen molar-refractivity contribution in [2.24, 2.45) is 0 Å². The van der Waals surface area contributed by atoms with E-state index >= 15 is 0 Å². The van der Waals surface area contributed by atoms with Gasteiger partial charge in [-0.1, -0.05) is 30.3 Å². The molecular formula is C18H25BrNO2+. The first kappa shape index (κ1) is 17.3. The van der Waals surface area contributed by atoms with Crippen LogP contribution in [-0.4, -0.2) is 33.4 Å². The summed E-state index contributed by atoms with van der Waals surface area (Å²) < 4.78 is 12.0. The number of methoxy groups -OCH3 is 1. The molecule has 0 atom stereocenters. The van der Waals surface area contributed by atoms with E-state index in [4.69, 9.17) is 9.47 Å². The van der Waals surface area contributed by atoms with Crippen LogP contribution >= 0.6 is 15.9 Å². The van der Waals surface area contributed by atoms with Crippen molar-refractivity contribution in [3.05, 3.63) is 40.9 Å². The maximum Gasteiger partial charge on any atom is 0.134 e. The highest BCUT2D eigenvalue weighted by Gasteiger charge is 2.05. The number of ether oxygens (including phenoxy) is 2. The van der Waals surface area contributed by atoms with Crippen LogP contribution in [-0.2, 0) is 4.74 Å². The molecule has 2 N–H and O–H groups in total. The molecule has 22 heavy (non-hydrogen) atoms. The summed E-state index contributed by atoms with van der Waals surface area (Å²) in [5.74, 6) is 0.933. The lowest BCUT2D eigenvalue weighted by Crippen LogP contribution is -2.84. The van der Waals surface area contributed by atoms with Gasteiger partial charge >= 0.3 is 0 Å². The Hall–Kier alpha value is -1.10. The van der Waals surface area contributed by atoms with Gasteiger partial charge < -0.3 is 14.8 Å². The third kappa shape index (κ3) is 5.27. The summed E-state index contributed by atoms with van der Waals surface area (Å²) in [4.78, 5) is 0. The number of hydrogen-bond donors (Lipinski definition) is 1. The Labute approximate surface area is 141 Å². The average molecular weight is 367 g/mol. The maximum absolute atomic E-state index is 5.91. The number of benzene rings is 2. The minimum Gasteiger partial charge on any atom is -0.492 e. The highest BCUT2D eigenvalue weighted by atomic mass is 79.9. The largest absolute Gasteiger partial charge is 0.492 e. The van der Waals surface area contributed by atoms with Gasteiger partial charge in [0.15, 0.2) is 0 Å². The molecule has 2 aromatic rings. The Balaban J connectivity index is 1.68. The number of fused-ring (bicyclic) bond motifs is 1. The molecule has 0 aromatic heterocycles. The first-order valence-corrected chi connectivity index (χ1v) is 8.73. The fraction of sp³-hybridized carbons (Fsp3) is 0.444. The quantitative estimate of drug-likeness (QED) is 0.654. The highest BCUT2D eigenvalue weighted by Crippen LogP contribution is 2.33. The van der Waals surface area contributed by atoms with Gasteiger partial charge in [-0.3, -0.25) is 0 Å². The molecule has 2 rings (SSSR count). The molecule has 0 heterocycles. The van der Waals surface area contributed by atoms with Crippen LogP contribution in [0.1, 0.15) is 19.3 Å². The second-order valence-corrected chi connectivity index (χ2v) is 6.16. The molecule has 4 heteroatoms. The molecule has 2 aromatic carbocycles. The first-order valence-electron chi connectivity index (χ1n) is 7.93. The first-order chi connectivity index (χ1) is 10.8. The molecule has 0 aliphatic heterocycles. The van der Waals surface area contributed by atoms with Crippen LogP contribution in [0.25, 0.3) is 10.8 Å². The third-order valence-corrected chi connectivity index (χ3v) is 4.46. The molecule has 0 fully saturated rings. The standard InChI is InChI=1S/C18H24BrNO2/c1-21-13-6-12-20-11-4-5-14-22-17-10-9-15-7-2-3-8-16(15)18(17)19/h2-3,7-10,20H,4-6,11-14H2,1H3/p+1. The second-order valence-electron chi connectivity index (χ2n) is 5.37. The lowest BCUT2D eigenvalue weighted by Gasteiger charge is -2.10. The molecule has 0 aliphatic rings. The number of hydrogen-bond acceptors (Lipinski definition) is 2. The van der Waals surface area contributed by atoms with Gasteiger partial charge in [-0.25, -0.2) is 0 Å². The van der Waals surface area contributed by atoms with Crippen LogP contribution in [0.3, 0.4) is 0 Å². The van der Waals surface area contributed by atoms with Crippen molar-refractivity contribution in [1.82, 2.24) is 0 Å². The van der Waals surface area contributed by atoms with Crippen molar-refractivity contribution < 1.29 is 14.8 Å². The summed E-state index contributed by atoms with van der Waals surface area (Å²) in [6, 6.07) is 12.5. The molecule has 0 radical (unpaired) electrons. The summed E-state index contributed by atoms with van der Waals surface area (Å²) in [7, 11) is 1.75. The van der Waals surface area contributed by atoms with E-state index < -0.39 is 0 Å². The molecule has 0 aliphatic carbocycles.